The van der Waals surface area contributed by atoms with Gasteiger partial charge in [-0.15, -0.1) is 0 Å². The monoisotopic (exact) mass is 805 g/mol. The molecule has 0 bridgehead atoms. The molecule has 1 unspecified atom stereocenters. The molecule has 12 rings (SSSR count). The van der Waals surface area contributed by atoms with Gasteiger partial charge in [-0.3, -0.25) is 0 Å². The average Bonchev–Trinajstić information content (AvgIpc) is 3.70. The topological polar surface area (TPSA) is 56.5 Å². The lowest BCUT2D eigenvalue weighted by Gasteiger charge is -2.30. The number of pyridine rings is 1. The van der Waals surface area contributed by atoms with E-state index in [9.17, 15) is 0 Å². The van der Waals surface area contributed by atoms with E-state index in [1.165, 1.54) is 60.8 Å². The first-order valence-electron chi connectivity index (χ1n) is 21.5. The van der Waals surface area contributed by atoms with Gasteiger partial charge < -0.3 is 4.57 Å². The van der Waals surface area contributed by atoms with Crippen molar-refractivity contribution in [2.75, 3.05) is 0 Å². The first-order valence-corrected chi connectivity index (χ1v) is 21.5. The molecule has 0 N–H and O–H groups in total. The van der Waals surface area contributed by atoms with E-state index in [4.69, 9.17) is 19.9 Å². The zero-order valence-corrected chi connectivity index (χ0v) is 34.3. The molecule has 1 aliphatic rings. The maximum Gasteiger partial charge on any atom is 0.182 e. The van der Waals surface area contributed by atoms with Crippen LogP contribution in [0.1, 0.15) is 22.6 Å². The van der Waals surface area contributed by atoms with Gasteiger partial charge in [0.25, 0.3) is 0 Å². The van der Waals surface area contributed by atoms with Crippen LogP contribution in [0.4, 0.5) is 0 Å². The van der Waals surface area contributed by atoms with Crippen LogP contribution >= 0.6 is 0 Å². The van der Waals surface area contributed by atoms with Crippen LogP contribution in [-0.2, 0) is 6.42 Å². The van der Waals surface area contributed by atoms with Crippen molar-refractivity contribution in [3.05, 3.63) is 235 Å². The Morgan fingerprint density at radius 3 is 1.71 bits per heavy atom. The summed E-state index contributed by atoms with van der Waals surface area (Å²) >= 11 is 0. The van der Waals surface area contributed by atoms with Crippen molar-refractivity contribution in [1.82, 2.24) is 24.5 Å². The van der Waals surface area contributed by atoms with Crippen LogP contribution in [0.15, 0.2) is 218 Å². The number of benzene rings is 8. The van der Waals surface area contributed by atoms with Gasteiger partial charge in [-0.1, -0.05) is 170 Å². The molecule has 5 nitrogen and oxygen atoms in total. The standard InChI is InChI=1S/C58H39N5/c1-5-17-38(18-6-1)48-37-43-23-15-27-47(51-28-16-29-52(59-51)58-61-56(39-19-7-2-8-20-39)60-57(62-58)40-21-9-3-10-22-40)55(43)50-36-41(31-33-45(48)50)42-32-34-54-49(35-42)46-26-13-14-30-53(46)63(54)44-24-11-4-12-25-44/h1-36,48H,37H2. The predicted molar refractivity (Wildman–Crippen MR) is 257 cm³/mol. The maximum absolute atomic E-state index is 5.36. The Morgan fingerprint density at radius 1 is 0.381 bits per heavy atom. The third-order valence-corrected chi connectivity index (χ3v) is 12.4. The molecule has 296 valence electrons. The van der Waals surface area contributed by atoms with E-state index < -0.39 is 0 Å². The molecular weight excluding hydrogens is 767 g/mol. The highest BCUT2D eigenvalue weighted by molar-refractivity contribution is 6.10. The molecular formula is C58H39N5. The lowest BCUT2D eigenvalue weighted by Crippen LogP contribution is -2.13. The Hall–Kier alpha value is -8.28. The molecule has 0 amide bonds. The van der Waals surface area contributed by atoms with E-state index in [2.05, 4.69) is 156 Å². The fourth-order valence-corrected chi connectivity index (χ4v) is 9.51. The molecule has 8 aromatic carbocycles. The molecule has 0 fully saturated rings. The van der Waals surface area contributed by atoms with E-state index in [0.29, 0.717) is 23.2 Å². The van der Waals surface area contributed by atoms with Crippen molar-refractivity contribution in [2.45, 2.75) is 12.3 Å². The number of para-hydroxylation sites is 2. The SMILES string of the molecule is c1ccc(-c2nc(-c3ccccc3)nc(-c3cccc(-c4cccc5c4-c4cc(-c6ccc7c(c6)c6ccccc6n7-c6ccccc6)ccc4C(c4ccccc4)C5)n3)n2)cc1. The second kappa shape index (κ2) is 15.3. The molecule has 3 heterocycles. The van der Waals surface area contributed by atoms with Gasteiger partial charge in [0.15, 0.2) is 17.5 Å². The lowest BCUT2D eigenvalue weighted by molar-refractivity contribution is 0.794. The van der Waals surface area contributed by atoms with Gasteiger partial charge in [-0.05, 0) is 93.9 Å². The lowest BCUT2D eigenvalue weighted by atomic mass is 9.73. The summed E-state index contributed by atoms with van der Waals surface area (Å²) in [5.41, 5.74) is 16.8. The van der Waals surface area contributed by atoms with Crippen LogP contribution < -0.4 is 0 Å². The minimum absolute atomic E-state index is 0.210. The van der Waals surface area contributed by atoms with Crippen LogP contribution in [0, 0.1) is 0 Å². The third kappa shape index (κ3) is 6.50. The van der Waals surface area contributed by atoms with Crippen molar-refractivity contribution in [3.63, 3.8) is 0 Å². The van der Waals surface area contributed by atoms with E-state index in [1.807, 2.05) is 66.7 Å². The highest BCUT2D eigenvalue weighted by atomic mass is 15.0. The first kappa shape index (κ1) is 36.6. The Balaban J connectivity index is 1.01. The number of rotatable bonds is 7. The van der Waals surface area contributed by atoms with Gasteiger partial charge in [0.1, 0.15) is 5.69 Å². The summed E-state index contributed by atoms with van der Waals surface area (Å²) < 4.78 is 2.37. The normalized spacial score (nSPS) is 13.2. The van der Waals surface area contributed by atoms with Crippen molar-refractivity contribution >= 4 is 21.8 Å². The largest absolute Gasteiger partial charge is 0.309 e. The summed E-state index contributed by atoms with van der Waals surface area (Å²) in [7, 11) is 0. The van der Waals surface area contributed by atoms with E-state index >= 15 is 0 Å². The third-order valence-electron chi connectivity index (χ3n) is 12.4. The van der Waals surface area contributed by atoms with E-state index in [-0.39, 0.29) is 5.92 Å². The van der Waals surface area contributed by atoms with Crippen molar-refractivity contribution in [3.8, 4) is 73.5 Å². The first-order chi connectivity index (χ1) is 31.2. The average molecular weight is 806 g/mol. The molecule has 3 aromatic heterocycles. The van der Waals surface area contributed by atoms with Gasteiger partial charge in [-0.25, -0.2) is 19.9 Å². The van der Waals surface area contributed by atoms with Gasteiger partial charge in [0.05, 0.1) is 16.7 Å². The minimum Gasteiger partial charge on any atom is -0.309 e. The summed E-state index contributed by atoms with van der Waals surface area (Å²) in [4.78, 5) is 20.3. The number of fused-ring (bicyclic) bond motifs is 6. The summed E-state index contributed by atoms with van der Waals surface area (Å²) in [5, 5.41) is 2.47. The zero-order chi connectivity index (χ0) is 41.7. The Bertz CT molecular complexity index is 3410. The van der Waals surface area contributed by atoms with Gasteiger partial charge in [0.2, 0.25) is 0 Å². The summed E-state index contributed by atoms with van der Waals surface area (Å²) in [6.07, 6.45) is 0.887. The quantitative estimate of drug-likeness (QED) is 0.161. The summed E-state index contributed by atoms with van der Waals surface area (Å²) in [6.45, 7) is 0. The summed E-state index contributed by atoms with van der Waals surface area (Å²) in [5.74, 6) is 1.96. The van der Waals surface area contributed by atoms with Gasteiger partial charge in [0, 0.05) is 39.1 Å². The van der Waals surface area contributed by atoms with Crippen LogP contribution in [-0.4, -0.2) is 24.5 Å². The fraction of sp³-hybridized carbons (Fsp3) is 0.0345. The van der Waals surface area contributed by atoms with Gasteiger partial charge in [-0.2, -0.15) is 0 Å². The van der Waals surface area contributed by atoms with Crippen molar-refractivity contribution in [1.29, 1.82) is 0 Å². The van der Waals surface area contributed by atoms with Crippen LogP contribution in [0.2, 0.25) is 0 Å². The smallest absolute Gasteiger partial charge is 0.182 e. The molecule has 0 radical (unpaired) electrons. The molecule has 11 aromatic rings. The minimum atomic E-state index is 0.210. The van der Waals surface area contributed by atoms with Crippen LogP contribution in [0.3, 0.4) is 0 Å². The molecule has 63 heavy (non-hydrogen) atoms. The zero-order valence-electron chi connectivity index (χ0n) is 34.3. The molecule has 1 aliphatic carbocycles. The van der Waals surface area contributed by atoms with Gasteiger partial charge >= 0.3 is 0 Å². The van der Waals surface area contributed by atoms with E-state index in [0.717, 1.165) is 34.5 Å². The Labute approximate surface area is 365 Å². The maximum atomic E-state index is 5.36. The number of hydrogen-bond acceptors (Lipinski definition) is 4. The molecule has 0 spiro atoms. The fourth-order valence-electron chi connectivity index (χ4n) is 9.51. The van der Waals surface area contributed by atoms with Crippen LogP contribution in [0.25, 0.3) is 95.3 Å². The predicted octanol–water partition coefficient (Wildman–Crippen LogP) is 14.1. The molecule has 1 atom stereocenters. The second-order valence-corrected chi connectivity index (χ2v) is 16.2. The number of aromatic nitrogens is 5. The molecule has 0 saturated carbocycles. The number of hydrogen-bond donors (Lipinski definition) is 0. The second-order valence-electron chi connectivity index (χ2n) is 16.2. The molecule has 0 aliphatic heterocycles. The Kier molecular flexibility index (Phi) is 8.89. The van der Waals surface area contributed by atoms with Crippen molar-refractivity contribution in [2.24, 2.45) is 0 Å². The number of nitrogens with zero attached hydrogens (tertiary/aromatic N) is 5. The van der Waals surface area contributed by atoms with Crippen LogP contribution in [0.5, 0.6) is 0 Å². The molecule has 5 heteroatoms. The van der Waals surface area contributed by atoms with E-state index in [1.54, 1.807) is 0 Å². The molecule has 0 saturated heterocycles. The summed E-state index contributed by atoms with van der Waals surface area (Å²) in [6, 6.07) is 77.4. The highest BCUT2D eigenvalue weighted by Crippen LogP contribution is 2.48. The Morgan fingerprint density at radius 2 is 0.968 bits per heavy atom. The van der Waals surface area contributed by atoms with Crippen molar-refractivity contribution < 1.29 is 0 Å². The highest BCUT2D eigenvalue weighted by Gasteiger charge is 2.29.